The van der Waals surface area contributed by atoms with Crippen molar-refractivity contribution >= 4 is 33.9 Å². The van der Waals surface area contributed by atoms with Gasteiger partial charge in [0.15, 0.2) is 0 Å². The molecule has 44 heavy (non-hydrogen) atoms. The summed E-state index contributed by atoms with van der Waals surface area (Å²) in [5, 5.41) is 16.0. The van der Waals surface area contributed by atoms with Gasteiger partial charge in [0, 0.05) is 29.8 Å². The molecule has 3 atom stereocenters. The minimum absolute atomic E-state index is 0.0625. The fourth-order valence-electron chi connectivity index (χ4n) is 5.79. The zero-order valence-electron chi connectivity index (χ0n) is 25.7. The number of ether oxygens (including phenoxy) is 1. The van der Waals surface area contributed by atoms with Crippen LogP contribution in [0.5, 0.6) is 0 Å². The van der Waals surface area contributed by atoms with Crippen LogP contribution in [0.3, 0.4) is 0 Å². The van der Waals surface area contributed by atoms with E-state index in [1.54, 1.807) is 11.0 Å². The first-order valence-electron chi connectivity index (χ1n) is 15.1. The third-order valence-corrected chi connectivity index (χ3v) is 8.21. The summed E-state index contributed by atoms with van der Waals surface area (Å²) in [6.45, 7) is 10.2. The summed E-state index contributed by atoms with van der Waals surface area (Å²) in [4.78, 5) is 27.3. The van der Waals surface area contributed by atoms with E-state index in [9.17, 15) is 28.0 Å². The van der Waals surface area contributed by atoms with Crippen LogP contribution in [0.15, 0.2) is 40.8 Å². The molecular formula is C33H39F3N4O4. The van der Waals surface area contributed by atoms with Gasteiger partial charge in [-0.15, -0.1) is 0 Å². The van der Waals surface area contributed by atoms with Crippen LogP contribution >= 0.6 is 0 Å². The molecule has 2 amide bonds. The van der Waals surface area contributed by atoms with E-state index in [1.165, 1.54) is 12.1 Å². The van der Waals surface area contributed by atoms with Crippen molar-refractivity contribution in [3.63, 3.8) is 0 Å². The number of nitrogens with zero attached hydrogens (tertiary/aromatic N) is 2. The lowest BCUT2D eigenvalue weighted by Gasteiger charge is -2.29. The molecule has 2 aromatic carbocycles. The molecule has 2 aliphatic rings. The standard InChI is InChI=1S/C33H39F3N4O4/c1-19(2)14-25(29(41)39-32(18-37)11-12-32)38-28(33(34,35)36)21-6-8-23-24-15-20(7-9-26(24)43-27(23)16-21)22-10-13-40(17-22)30(42)44-31(3,4)5/h6-9,15-16,19,22,25,28,38H,10-14,17H2,1-5H3,(H,39,41)/t22?,25-,28-/m0/s1. The van der Waals surface area contributed by atoms with Crippen molar-refractivity contribution in [1.29, 1.82) is 5.26 Å². The van der Waals surface area contributed by atoms with Crippen molar-refractivity contribution in [3.8, 4) is 6.07 Å². The Bertz CT molecular complexity index is 1600. The highest BCUT2D eigenvalue weighted by Gasteiger charge is 2.47. The summed E-state index contributed by atoms with van der Waals surface area (Å²) >= 11 is 0. The Morgan fingerprint density at radius 1 is 1.11 bits per heavy atom. The summed E-state index contributed by atoms with van der Waals surface area (Å²) in [7, 11) is 0. The topological polar surface area (TPSA) is 108 Å². The van der Waals surface area contributed by atoms with Crippen molar-refractivity contribution in [2.75, 3.05) is 13.1 Å². The fourth-order valence-corrected chi connectivity index (χ4v) is 5.79. The van der Waals surface area contributed by atoms with Gasteiger partial charge < -0.3 is 19.4 Å². The summed E-state index contributed by atoms with van der Waals surface area (Å²) in [5.41, 5.74) is 0.221. The second-order valence-corrected chi connectivity index (χ2v) is 13.5. The number of rotatable bonds is 8. The van der Waals surface area contributed by atoms with Crippen LogP contribution in [0.1, 0.15) is 83.4 Å². The summed E-state index contributed by atoms with van der Waals surface area (Å²) in [6, 6.07) is 8.92. The van der Waals surface area contributed by atoms with Crippen LogP contribution in [-0.2, 0) is 9.53 Å². The lowest BCUT2D eigenvalue weighted by Crippen LogP contribution is -2.52. The predicted octanol–water partition coefficient (Wildman–Crippen LogP) is 7.09. The molecule has 1 aliphatic heterocycles. The zero-order chi connectivity index (χ0) is 32.0. The first-order valence-corrected chi connectivity index (χ1v) is 15.1. The van der Waals surface area contributed by atoms with E-state index >= 15 is 0 Å². The van der Waals surface area contributed by atoms with Gasteiger partial charge in [0.25, 0.3) is 0 Å². The van der Waals surface area contributed by atoms with Crippen molar-refractivity contribution in [2.45, 2.75) is 95.6 Å². The number of fused-ring (bicyclic) bond motifs is 3. The molecule has 1 unspecified atom stereocenters. The number of halogens is 3. The molecular weight excluding hydrogens is 573 g/mol. The Labute approximate surface area is 254 Å². The quantitative estimate of drug-likeness (QED) is 0.281. The molecule has 0 spiro atoms. The minimum atomic E-state index is -4.70. The SMILES string of the molecule is CC(C)C[C@H](N[C@@H](c1ccc2c(c1)oc1ccc(C3CCN(C(=O)OC(C)(C)C)C3)cc12)C(F)(F)F)C(=O)NC1(C#N)CC1. The van der Waals surface area contributed by atoms with Crippen molar-refractivity contribution in [2.24, 2.45) is 5.92 Å². The van der Waals surface area contributed by atoms with Crippen molar-refractivity contribution in [3.05, 3.63) is 47.5 Å². The van der Waals surface area contributed by atoms with E-state index < -0.39 is 35.3 Å². The van der Waals surface area contributed by atoms with E-state index in [-0.39, 0.29) is 29.9 Å². The number of nitriles is 1. The molecule has 0 bridgehead atoms. The number of nitrogens with one attached hydrogen (secondary N) is 2. The van der Waals surface area contributed by atoms with E-state index in [0.29, 0.717) is 42.5 Å². The number of benzene rings is 2. The fraction of sp³-hybridized carbons (Fsp3) is 0.545. The van der Waals surface area contributed by atoms with Gasteiger partial charge in [0.2, 0.25) is 5.91 Å². The van der Waals surface area contributed by atoms with Crippen molar-refractivity contribution < 1.29 is 31.9 Å². The average Bonchev–Trinajstić information content (AvgIpc) is 3.35. The van der Waals surface area contributed by atoms with Crippen LogP contribution in [0.25, 0.3) is 21.9 Å². The second-order valence-electron chi connectivity index (χ2n) is 13.5. The first-order chi connectivity index (χ1) is 20.6. The normalized spacial score (nSPS) is 19.6. The number of carbonyl (C=O) groups is 2. The maximum Gasteiger partial charge on any atom is 0.410 e. The highest BCUT2D eigenvalue weighted by Crippen LogP contribution is 2.39. The monoisotopic (exact) mass is 612 g/mol. The van der Waals surface area contributed by atoms with Crippen LogP contribution in [0.2, 0.25) is 0 Å². The lowest BCUT2D eigenvalue weighted by atomic mass is 9.96. The average molecular weight is 613 g/mol. The molecule has 1 saturated carbocycles. The van der Waals surface area contributed by atoms with Gasteiger partial charge in [-0.25, -0.2) is 4.79 Å². The Kier molecular flexibility index (Phi) is 8.35. The zero-order valence-corrected chi connectivity index (χ0v) is 25.7. The number of alkyl halides is 3. The summed E-state index contributed by atoms with van der Waals surface area (Å²) < 4.78 is 54.9. The van der Waals surface area contributed by atoms with Crippen molar-refractivity contribution in [1.82, 2.24) is 15.5 Å². The van der Waals surface area contributed by atoms with Gasteiger partial charge in [0.1, 0.15) is 28.3 Å². The largest absolute Gasteiger partial charge is 0.456 e. The molecule has 5 rings (SSSR count). The Hall–Kier alpha value is -3.78. The highest BCUT2D eigenvalue weighted by molar-refractivity contribution is 6.05. The van der Waals surface area contributed by atoms with E-state index in [1.807, 2.05) is 52.8 Å². The molecule has 1 aromatic heterocycles. The number of likely N-dealkylation sites (tertiary alicyclic amines) is 1. The van der Waals surface area contributed by atoms with E-state index in [2.05, 4.69) is 16.7 Å². The van der Waals surface area contributed by atoms with Crippen LogP contribution in [0.4, 0.5) is 18.0 Å². The molecule has 2 N–H and O–H groups in total. The molecule has 11 heteroatoms. The third-order valence-electron chi connectivity index (χ3n) is 8.21. The van der Waals surface area contributed by atoms with E-state index in [4.69, 9.17) is 9.15 Å². The summed E-state index contributed by atoms with van der Waals surface area (Å²) in [6.07, 6.45) is -3.14. The number of hydrogen-bond donors (Lipinski definition) is 2. The third kappa shape index (κ3) is 6.96. The molecule has 2 fully saturated rings. The Morgan fingerprint density at radius 2 is 1.84 bits per heavy atom. The van der Waals surface area contributed by atoms with Gasteiger partial charge in [0.05, 0.1) is 12.1 Å². The molecule has 3 aromatic rings. The molecule has 8 nitrogen and oxygen atoms in total. The van der Waals surface area contributed by atoms with Gasteiger partial charge >= 0.3 is 12.3 Å². The van der Waals surface area contributed by atoms with Crippen LogP contribution < -0.4 is 10.6 Å². The number of hydrogen-bond acceptors (Lipinski definition) is 6. The lowest BCUT2D eigenvalue weighted by molar-refractivity contribution is -0.161. The molecule has 1 saturated heterocycles. The van der Waals surface area contributed by atoms with Crippen LogP contribution in [0, 0.1) is 17.2 Å². The highest BCUT2D eigenvalue weighted by atomic mass is 19.4. The molecule has 2 heterocycles. The smallest absolute Gasteiger partial charge is 0.410 e. The Morgan fingerprint density at radius 3 is 2.45 bits per heavy atom. The van der Waals surface area contributed by atoms with Gasteiger partial charge in [-0.2, -0.15) is 18.4 Å². The van der Waals surface area contributed by atoms with Gasteiger partial charge in [-0.05, 0) is 81.7 Å². The van der Waals surface area contributed by atoms with Crippen LogP contribution in [-0.4, -0.2) is 53.3 Å². The maximum absolute atomic E-state index is 14.5. The maximum atomic E-state index is 14.5. The number of carbonyl (C=O) groups excluding carboxylic acids is 2. The second kappa shape index (κ2) is 11.6. The number of furan rings is 1. The molecule has 0 radical (unpaired) electrons. The molecule has 1 aliphatic carbocycles. The minimum Gasteiger partial charge on any atom is -0.456 e. The predicted molar refractivity (Wildman–Crippen MR) is 160 cm³/mol. The van der Waals surface area contributed by atoms with Gasteiger partial charge in [-0.3, -0.25) is 10.1 Å². The van der Waals surface area contributed by atoms with Gasteiger partial charge in [-0.1, -0.05) is 32.0 Å². The number of amides is 2. The van der Waals surface area contributed by atoms with E-state index in [0.717, 1.165) is 17.4 Å². The molecule has 236 valence electrons. The first kappa shape index (κ1) is 31.6. The Balaban J connectivity index is 1.39. The summed E-state index contributed by atoms with van der Waals surface area (Å²) in [5.74, 6) is -0.580.